The molecule has 2 heterocycles. The van der Waals surface area contributed by atoms with Crippen LogP contribution in [0.25, 0.3) is 0 Å². The van der Waals surface area contributed by atoms with Crippen LogP contribution in [0.15, 0.2) is 84.9 Å². The first-order valence-corrected chi connectivity index (χ1v) is 17.5. The molecule has 5 rings (SSSR count). The van der Waals surface area contributed by atoms with Gasteiger partial charge in [-0.25, -0.2) is 9.59 Å². The van der Waals surface area contributed by atoms with Gasteiger partial charge in [-0.2, -0.15) is 0 Å². The molecular formula is C38H46N6O10. The van der Waals surface area contributed by atoms with E-state index >= 15 is 0 Å². The number of carbonyl (C=O) groups is 6. The molecule has 0 atom stereocenters. The van der Waals surface area contributed by atoms with Gasteiger partial charge < -0.3 is 50.0 Å². The van der Waals surface area contributed by atoms with Gasteiger partial charge in [0.25, 0.3) is 0 Å². The fourth-order valence-electron chi connectivity index (χ4n) is 4.96. The SMILES string of the molecule is O=C1CN(C(=O)CNC(=O)OCc2ccccc2)CCOCCOCCN(C(=O)CNC(=O)OCc2ccccc2)CC(=O)NCc2ccc(cc2)CN1. The van der Waals surface area contributed by atoms with Crippen molar-refractivity contribution in [2.75, 3.05) is 65.7 Å². The van der Waals surface area contributed by atoms with E-state index in [1.807, 2.05) is 36.4 Å². The van der Waals surface area contributed by atoms with Gasteiger partial charge in [0.05, 0.1) is 39.5 Å². The van der Waals surface area contributed by atoms with Crippen molar-refractivity contribution in [1.29, 1.82) is 0 Å². The second-order valence-electron chi connectivity index (χ2n) is 12.1. The highest BCUT2D eigenvalue weighted by atomic mass is 16.6. The number of alkyl carbamates (subject to hydrolysis) is 2. The Labute approximate surface area is 313 Å². The Bertz CT molecular complexity index is 1540. The van der Waals surface area contributed by atoms with Gasteiger partial charge in [-0.3, -0.25) is 19.2 Å². The number of hydrogen-bond acceptors (Lipinski definition) is 10. The van der Waals surface area contributed by atoms with Crippen LogP contribution >= 0.6 is 0 Å². The van der Waals surface area contributed by atoms with Crippen LogP contribution in [0.3, 0.4) is 0 Å². The average molecular weight is 747 g/mol. The predicted molar refractivity (Wildman–Crippen MR) is 194 cm³/mol. The highest BCUT2D eigenvalue weighted by Crippen LogP contribution is 2.06. The maximum Gasteiger partial charge on any atom is 0.407 e. The van der Waals surface area contributed by atoms with Crippen LogP contribution in [-0.4, -0.2) is 111 Å². The van der Waals surface area contributed by atoms with Crippen molar-refractivity contribution in [3.8, 4) is 0 Å². The smallest absolute Gasteiger partial charge is 0.407 e. The van der Waals surface area contributed by atoms with Crippen LogP contribution in [0, 0.1) is 0 Å². The third-order valence-electron chi connectivity index (χ3n) is 7.95. The number of nitrogens with zero attached hydrogens (tertiary/aromatic N) is 2. The molecule has 54 heavy (non-hydrogen) atoms. The zero-order valence-electron chi connectivity index (χ0n) is 30.0. The third-order valence-corrected chi connectivity index (χ3v) is 7.95. The van der Waals surface area contributed by atoms with Crippen LogP contribution < -0.4 is 21.3 Å². The van der Waals surface area contributed by atoms with Crippen LogP contribution in [0.4, 0.5) is 9.59 Å². The van der Waals surface area contributed by atoms with E-state index in [0.29, 0.717) is 0 Å². The molecule has 0 fully saturated rings. The molecule has 0 aromatic heterocycles. The van der Waals surface area contributed by atoms with E-state index in [-0.39, 0.29) is 92.0 Å². The van der Waals surface area contributed by atoms with Crippen molar-refractivity contribution >= 4 is 35.8 Å². The lowest BCUT2D eigenvalue weighted by atomic mass is 10.1. The van der Waals surface area contributed by atoms with E-state index in [4.69, 9.17) is 18.9 Å². The summed E-state index contributed by atoms with van der Waals surface area (Å²) < 4.78 is 21.6. The number of benzene rings is 3. The van der Waals surface area contributed by atoms with Crippen molar-refractivity contribution in [1.82, 2.24) is 31.1 Å². The van der Waals surface area contributed by atoms with Crippen LogP contribution in [0.1, 0.15) is 22.3 Å². The molecule has 2 bridgehead atoms. The Morgan fingerprint density at radius 2 is 0.963 bits per heavy atom. The Kier molecular flexibility index (Phi) is 17.2. The Balaban J connectivity index is 1.30. The Hall–Kier alpha value is -6.00. The van der Waals surface area contributed by atoms with Gasteiger partial charge in [-0.1, -0.05) is 84.9 Å². The summed E-state index contributed by atoms with van der Waals surface area (Å²) >= 11 is 0. The molecule has 0 aliphatic carbocycles. The molecule has 0 unspecified atom stereocenters. The molecule has 16 nitrogen and oxygen atoms in total. The molecule has 288 valence electrons. The molecular weight excluding hydrogens is 700 g/mol. The van der Waals surface area contributed by atoms with Gasteiger partial charge in [0, 0.05) is 26.2 Å². The fraction of sp³-hybridized carbons (Fsp3) is 0.368. The quantitative estimate of drug-likeness (QED) is 0.246. The second-order valence-corrected chi connectivity index (χ2v) is 12.1. The molecule has 2 aliphatic rings. The summed E-state index contributed by atoms with van der Waals surface area (Å²) in [7, 11) is 0. The van der Waals surface area contributed by atoms with Crippen LogP contribution in [0.2, 0.25) is 0 Å². The number of carbonyl (C=O) groups excluding carboxylic acids is 6. The van der Waals surface area contributed by atoms with Gasteiger partial charge in [0.1, 0.15) is 26.3 Å². The van der Waals surface area contributed by atoms with Gasteiger partial charge in [-0.15, -0.1) is 0 Å². The molecule has 3 aromatic carbocycles. The van der Waals surface area contributed by atoms with E-state index in [1.165, 1.54) is 9.80 Å². The number of amides is 6. The molecule has 0 saturated heterocycles. The van der Waals surface area contributed by atoms with E-state index in [2.05, 4.69) is 21.3 Å². The number of rotatable bonds is 8. The Morgan fingerprint density at radius 3 is 1.35 bits per heavy atom. The molecule has 0 spiro atoms. The van der Waals surface area contributed by atoms with Crippen molar-refractivity contribution < 1.29 is 47.7 Å². The predicted octanol–water partition coefficient (Wildman–Crippen LogP) is 1.48. The summed E-state index contributed by atoms with van der Waals surface area (Å²) in [6.45, 7) is -0.339. The summed E-state index contributed by atoms with van der Waals surface area (Å²) in [5.74, 6) is -1.83. The Morgan fingerprint density at radius 1 is 0.574 bits per heavy atom. The molecule has 6 amide bonds. The summed E-state index contributed by atoms with van der Waals surface area (Å²) in [6.07, 6.45) is -1.55. The van der Waals surface area contributed by atoms with Gasteiger partial charge in [0.15, 0.2) is 0 Å². The lowest BCUT2D eigenvalue weighted by molar-refractivity contribution is -0.136. The molecule has 3 aromatic rings. The monoisotopic (exact) mass is 746 g/mol. The standard InChI is InChI=1S/C38H46N6O10/c45-33-25-43(35(47)23-41-37(49)53-27-31-7-3-1-4-8-31)15-17-51-19-20-52-18-16-44(26-34(46)40-22-30-13-11-29(12-14-30)21-39-33)36(48)24-42-38(50)54-28-32-9-5-2-6-10-32/h1-14H,15-28H2,(H,39,45)(H,40,46)(H,41,49)(H,42,50). The zero-order valence-corrected chi connectivity index (χ0v) is 30.0. The first-order valence-electron chi connectivity index (χ1n) is 17.5. The summed E-state index contributed by atoms with van der Waals surface area (Å²) in [5.41, 5.74) is 3.16. The fourth-order valence-corrected chi connectivity index (χ4v) is 4.96. The second kappa shape index (κ2) is 22.8. The van der Waals surface area contributed by atoms with Crippen LogP contribution in [-0.2, 0) is 64.4 Å². The summed E-state index contributed by atoms with van der Waals surface area (Å²) in [6, 6.07) is 25.4. The number of ether oxygens (including phenoxy) is 4. The van der Waals surface area contributed by atoms with Gasteiger partial charge in [-0.05, 0) is 22.3 Å². The van der Waals surface area contributed by atoms with E-state index in [1.54, 1.807) is 48.5 Å². The zero-order chi connectivity index (χ0) is 38.4. The van der Waals surface area contributed by atoms with Crippen molar-refractivity contribution in [2.45, 2.75) is 26.3 Å². The first kappa shape index (κ1) is 40.8. The van der Waals surface area contributed by atoms with E-state index in [9.17, 15) is 28.8 Å². The van der Waals surface area contributed by atoms with Gasteiger partial charge in [0.2, 0.25) is 23.6 Å². The maximum atomic E-state index is 13.1. The highest BCUT2D eigenvalue weighted by molar-refractivity contribution is 5.88. The number of nitrogens with one attached hydrogen (secondary N) is 4. The minimum absolute atomic E-state index is 0.0378. The van der Waals surface area contributed by atoms with E-state index < -0.39 is 35.8 Å². The third kappa shape index (κ3) is 15.7. The normalized spacial score (nSPS) is 15.0. The molecule has 0 radical (unpaired) electrons. The van der Waals surface area contributed by atoms with Crippen LogP contribution in [0.5, 0.6) is 0 Å². The largest absolute Gasteiger partial charge is 0.445 e. The molecule has 4 N–H and O–H groups in total. The minimum Gasteiger partial charge on any atom is -0.445 e. The number of hydrogen-bond donors (Lipinski definition) is 4. The molecule has 2 aliphatic heterocycles. The average Bonchev–Trinajstić information content (AvgIpc) is 3.19. The molecule has 16 heteroatoms. The van der Waals surface area contributed by atoms with Crippen molar-refractivity contribution in [3.05, 3.63) is 107 Å². The lowest BCUT2D eigenvalue weighted by Crippen LogP contribution is -2.46. The molecule has 0 saturated carbocycles. The summed E-state index contributed by atoms with van der Waals surface area (Å²) in [5, 5.41) is 10.4. The first-order chi connectivity index (χ1) is 26.2. The topological polar surface area (TPSA) is 194 Å². The highest BCUT2D eigenvalue weighted by Gasteiger charge is 2.20. The minimum atomic E-state index is -0.773. The summed E-state index contributed by atoms with van der Waals surface area (Å²) in [4.78, 5) is 78.8. The maximum absolute atomic E-state index is 13.1. The lowest BCUT2D eigenvalue weighted by Gasteiger charge is -2.23. The van der Waals surface area contributed by atoms with Gasteiger partial charge >= 0.3 is 12.2 Å². The number of fused-ring (bicyclic) bond motifs is 19. The van der Waals surface area contributed by atoms with Crippen molar-refractivity contribution in [3.63, 3.8) is 0 Å². The van der Waals surface area contributed by atoms with Crippen molar-refractivity contribution in [2.24, 2.45) is 0 Å². The van der Waals surface area contributed by atoms with E-state index in [0.717, 1.165) is 22.3 Å².